The molecule has 2 saturated carbocycles. The molecule has 3 fully saturated rings. The van der Waals surface area contributed by atoms with E-state index in [0.717, 1.165) is 12.5 Å². The lowest BCUT2D eigenvalue weighted by molar-refractivity contribution is -0.152. The van der Waals surface area contributed by atoms with Gasteiger partial charge >= 0.3 is 0 Å². The maximum absolute atomic E-state index is 6.09. The summed E-state index contributed by atoms with van der Waals surface area (Å²) in [5, 5.41) is 0. The van der Waals surface area contributed by atoms with Crippen molar-refractivity contribution >= 4 is 0 Å². The van der Waals surface area contributed by atoms with Crippen LogP contribution in [0.3, 0.4) is 0 Å². The Hall–Kier alpha value is -0.120. The van der Waals surface area contributed by atoms with Gasteiger partial charge in [-0.15, -0.1) is 0 Å². The average molecular weight is 266 g/mol. The number of nitrogens with two attached hydrogens (primary N) is 1. The molecule has 0 aromatic carbocycles. The van der Waals surface area contributed by atoms with Crippen molar-refractivity contribution in [2.45, 2.75) is 82.8 Å². The van der Waals surface area contributed by atoms with Gasteiger partial charge < -0.3 is 4.74 Å². The summed E-state index contributed by atoms with van der Waals surface area (Å²) in [7, 11) is 0. The molecule has 3 heteroatoms. The number of hydrazine groups is 1. The maximum atomic E-state index is 6.09. The fourth-order valence-electron chi connectivity index (χ4n) is 5.05. The van der Waals surface area contributed by atoms with Crippen molar-refractivity contribution in [1.29, 1.82) is 0 Å². The van der Waals surface area contributed by atoms with Gasteiger partial charge in [0.25, 0.3) is 0 Å². The van der Waals surface area contributed by atoms with Crippen LogP contribution in [0, 0.1) is 11.3 Å². The highest BCUT2D eigenvalue weighted by Gasteiger charge is 2.49. The van der Waals surface area contributed by atoms with Gasteiger partial charge in [-0.1, -0.05) is 19.8 Å². The molecule has 0 aromatic heterocycles. The number of hydrogen-bond donors (Lipinski definition) is 2. The normalized spacial score (nSPS) is 34.1. The lowest BCUT2D eigenvalue weighted by atomic mass is 9.64. The molecule has 0 radical (unpaired) electrons. The Morgan fingerprint density at radius 1 is 1.21 bits per heavy atom. The van der Waals surface area contributed by atoms with Gasteiger partial charge in [0.2, 0.25) is 0 Å². The quantitative estimate of drug-likeness (QED) is 0.607. The van der Waals surface area contributed by atoms with Gasteiger partial charge in [0.1, 0.15) is 0 Å². The first-order valence-electron chi connectivity index (χ1n) is 8.34. The Morgan fingerprint density at radius 3 is 2.47 bits per heavy atom. The van der Waals surface area contributed by atoms with Crippen molar-refractivity contribution in [2.75, 3.05) is 6.61 Å². The summed E-state index contributed by atoms with van der Waals surface area (Å²) in [6.07, 6.45) is 13.1. The smallest absolute Gasteiger partial charge is 0.0685 e. The molecule has 0 aromatic rings. The summed E-state index contributed by atoms with van der Waals surface area (Å²) in [6.45, 7) is 3.30. The molecule has 3 aliphatic rings. The van der Waals surface area contributed by atoms with E-state index in [1.165, 1.54) is 64.2 Å². The third kappa shape index (κ3) is 2.34. The first-order chi connectivity index (χ1) is 9.24. The van der Waals surface area contributed by atoms with Crippen LogP contribution in [0.4, 0.5) is 0 Å². The lowest BCUT2D eigenvalue weighted by Gasteiger charge is -2.51. The Morgan fingerprint density at radius 2 is 1.95 bits per heavy atom. The standard InChI is InChI=1S/C16H30N2O/c1-2-15(7-3-4-8-15)14(18-17)13-6-11-19-16(12-13)9-5-10-16/h13-14,18H,2-12,17H2,1H3. The fraction of sp³-hybridized carbons (Fsp3) is 1.00. The van der Waals surface area contributed by atoms with Gasteiger partial charge in [-0.3, -0.25) is 11.3 Å². The van der Waals surface area contributed by atoms with Crippen LogP contribution in [0.5, 0.6) is 0 Å². The van der Waals surface area contributed by atoms with E-state index in [4.69, 9.17) is 10.6 Å². The Bertz CT molecular complexity index is 308. The van der Waals surface area contributed by atoms with Crippen molar-refractivity contribution in [3.05, 3.63) is 0 Å². The van der Waals surface area contributed by atoms with E-state index in [0.29, 0.717) is 11.5 Å². The number of hydrogen-bond acceptors (Lipinski definition) is 3. The predicted octanol–water partition coefficient (Wildman–Crippen LogP) is 3.14. The molecule has 2 aliphatic carbocycles. The minimum atomic E-state index is 0.242. The van der Waals surface area contributed by atoms with E-state index in [2.05, 4.69) is 12.3 Å². The average Bonchev–Trinajstić information content (AvgIpc) is 2.88. The van der Waals surface area contributed by atoms with E-state index in [9.17, 15) is 0 Å². The molecule has 0 bridgehead atoms. The first kappa shape index (κ1) is 13.8. The molecule has 1 aliphatic heterocycles. The summed E-state index contributed by atoms with van der Waals surface area (Å²) in [6, 6.07) is 0.501. The Labute approximate surface area is 117 Å². The molecule has 0 amide bonds. The van der Waals surface area contributed by atoms with Gasteiger partial charge in [-0.05, 0) is 62.7 Å². The molecule has 1 saturated heterocycles. The second-order valence-electron chi connectivity index (χ2n) is 7.21. The summed E-state index contributed by atoms with van der Waals surface area (Å²) < 4.78 is 6.09. The van der Waals surface area contributed by atoms with Crippen LogP contribution in [0.15, 0.2) is 0 Å². The lowest BCUT2D eigenvalue weighted by Crippen LogP contribution is -2.56. The van der Waals surface area contributed by atoms with E-state index in [-0.39, 0.29) is 5.60 Å². The molecule has 3 rings (SSSR count). The highest BCUT2D eigenvalue weighted by atomic mass is 16.5. The molecular formula is C16H30N2O. The topological polar surface area (TPSA) is 47.3 Å². The van der Waals surface area contributed by atoms with Gasteiger partial charge in [0, 0.05) is 12.6 Å². The van der Waals surface area contributed by atoms with E-state index in [1.807, 2.05) is 0 Å². The van der Waals surface area contributed by atoms with Crippen LogP contribution in [-0.4, -0.2) is 18.2 Å². The number of ether oxygens (including phenoxy) is 1. The summed E-state index contributed by atoms with van der Waals surface area (Å²) in [4.78, 5) is 0. The molecule has 2 unspecified atom stereocenters. The van der Waals surface area contributed by atoms with Gasteiger partial charge in [0.15, 0.2) is 0 Å². The molecule has 19 heavy (non-hydrogen) atoms. The molecule has 1 heterocycles. The molecule has 110 valence electrons. The fourth-order valence-corrected chi connectivity index (χ4v) is 5.05. The largest absolute Gasteiger partial charge is 0.375 e. The van der Waals surface area contributed by atoms with Crippen molar-refractivity contribution < 1.29 is 4.74 Å². The molecule has 1 spiro atoms. The van der Waals surface area contributed by atoms with Crippen LogP contribution in [-0.2, 0) is 4.74 Å². The summed E-state index contributed by atoms with van der Waals surface area (Å²) in [5.74, 6) is 6.72. The van der Waals surface area contributed by atoms with E-state index >= 15 is 0 Å². The van der Waals surface area contributed by atoms with Crippen molar-refractivity contribution in [3.8, 4) is 0 Å². The Kier molecular flexibility index (Phi) is 3.89. The summed E-state index contributed by atoms with van der Waals surface area (Å²) in [5.41, 5.74) is 3.94. The monoisotopic (exact) mass is 266 g/mol. The van der Waals surface area contributed by atoms with Crippen LogP contribution in [0.25, 0.3) is 0 Å². The van der Waals surface area contributed by atoms with E-state index in [1.54, 1.807) is 0 Å². The van der Waals surface area contributed by atoms with E-state index < -0.39 is 0 Å². The minimum absolute atomic E-state index is 0.242. The number of nitrogens with one attached hydrogen (secondary N) is 1. The number of rotatable bonds is 4. The zero-order chi connectivity index (χ0) is 13.3. The van der Waals surface area contributed by atoms with Crippen molar-refractivity contribution in [2.24, 2.45) is 17.2 Å². The second-order valence-corrected chi connectivity index (χ2v) is 7.21. The predicted molar refractivity (Wildman–Crippen MR) is 77.6 cm³/mol. The molecule has 2 atom stereocenters. The SMILES string of the molecule is CCC1(C(NN)C2CCOC3(CCC3)C2)CCCC1. The van der Waals surface area contributed by atoms with Gasteiger partial charge in [-0.2, -0.15) is 0 Å². The maximum Gasteiger partial charge on any atom is 0.0685 e. The van der Waals surface area contributed by atoms with Gasteiger partial charge in [0.05, 0.1) is 5.60 Å². The highest BCUT2D eigenvalue weighted by molar-refractivity contribution is 5.02. The van der Waals surface area contributed by atoms with Crippen LogP contribution in [0.1, 0.15) is 71.1 Å². The summed E-state index contributed by atoms with van der Waals surface area (Å²) >= 11 is 0. The van der Waals surface area contributed by atoms with Gasteiger partial charge in [-0.25, -0.2) is 0 Å². The zero-order valence-corrected chi connectivity index (χ0v) is 12.4. The third-order valence-electron chi connectivity index (χ3n) is 6.41. The zero-order valence-electron chi connectivity index (χ0n) is 12.4. The Balaban J connectivity index is 1.74. The van der Waals surface area contributed by atoms with Crippen LogP contribution >= 0.6 is 0 Å². The van der Waals surface area contributed by atoms with Crippen molar-refractivity contribution in [3.63, 3.8) is 0 Å². The minimum Gasteiger partial charge on any atom is -0.375 e. The molecule has 3 N–H and O–H groups in total. The van der Waals surface area contributed by atoms with Crippen LogP contribution < -0.4 is 11.3 Å². The second kappa shape index (κ2) is 5.34. The first-order valence-corrected chi connectivity index (χ1v) is 8.34. The molecule has 3 nitrogen and oxygen atoms in total. The van der Waals surface area contributed by atoms with Crippen molar-refractivity contribution in [1.82, 2.24) is 5.43 Å². The third-order valence-corrected chi connectivity index (χ3v) is 6.41. The highest BCUT2D eigenvalue weighted by Crippen LogP contribution is 2.51. The van der Waals surface area contributed by atoms with Crippen LogP contribution in [0.2, 0.25) is 0 Å². The molecular weight excluding hydrogens is 236 g/mol.